The fourth-order valence-corrected chi connectivity index (χ4v) is 2.90. The van der Waals surface area contributed by atoms with Gasteiger partial charge in [-0.1, -0.05) is 0 Å². The number of hydrogen-bond donors (Lipinski definition) is 3. The van der Waals surface area contributed by atoms with Crippen LogP contribution in [0.5, 0.6) is 0 Å². The van der Waals surface area contributed by atoms with E-state index in [0.717, 1.165) is 19.4 Å². The summed E-state index contributed by atoms with van der Waals surface area (Å²) in [6.45, 7) is 2.78. The maximum Gasteiger partial charge on any atom is 0.355 e. The SMILES string of the molecule is CC(NC(=O)CC1CCCN1)c1nc(C(=O)O)cs1. The summed E-state index contributed by atoms with van der Waals surface area (Å²) in [5.41, 5.74) is 0.0264. The topological polar surface area (TPSA) is 91.3 Å². The summed E-state index contributed by atoms with van der Waals surface area (Å²) >= 11 is 1.25. The average Bonchev–Trinajstić information content (AvgIpc) is 2.98. The van der Waals surface area contributed by atoms with Crippen LogP contribution in [0, 0.1) is 0 Å². The summed E-state index contributed by atoms with van der Waals surface area (Å²) in [6, 6.07) is 0.00470. The molecule has 2 heterocycles. The van der Waals surface area contributed by atoms with Crippen LogP contribution < -0.4 is 10.6 Å². The number of hydrogen-bond acceptors (Lipinski definition) is 5. The quantitative estimate of drug-likeness (QED) is 0.754. The number of aromatic carboxylic acids is 1. The zero-order valence-corrected chi connectivity index (χ0v) is 11.5. The minimum Gasteiger partial charge on any atom is -0.476 e. The fourth-order valence-electron chi connectivity index (χ4n) is 2.10. The summed E-state index contributed by atoms with van der Waals surface area (Å²) in [5, 5.41) is 17.0. The first-order valence-electron chi connectivity index (χ1n) is 6.27. The van der Waals surface area contributed by atoms with Gasteiger partial charge >= 0.3 is 5.97 Å². The summed E-state index contributed by atoms with van der Waals surface area (Å²) in [7, 11) is 0. The normalized spacial score (nSPS) is 20.2. The molecule has 1 aliphatic rings. The zero-order chi connectivity index (χ0) is 13.8. The predicted octanol–water partition coefficient (Wildman–Crippen LogP) is 1.16. The molecule has 1 saturated heterocycles. The van der Waals surface area contributed by atoms with Gasteiger partial charge in [0, 0.05) is 17.8 Å². The smallest absolute Gasteiger partial charge is 0.355 e. The molecule has 1 fully saturated rings. The van der Waals surface area contributed by atoms with Gasteiger partial charge in [-0.15, -0.1) is 11.3 Å². The first-order chi connectivity index (χ1) is 9.06. The lowest BCUT2D eigenvalue weighted by Crippen LogP contribution is -2.33. The van der Waals surface area contributed by atoms with Crippen molar-refractivity contribution < 1.29 is 14.7 Å². The van der Waals surface area contributed by atoms with Crippen LogP contribution in [0.4, 0.5) is 0 Å². The number of thiazole rings is 1. The van der Waals surface area contributed by atoms with Crippen molar-refractivity contribution in [2.45, 2.75) is 38.3 Å². The molecule has 1 aliphatic heterocycles. The van der Waals surface area contributed by atoms with Gasteiger partial charge in [0.2, 0.25) is 5.91 Å². The van der Waals surface area contributed by atoms with E-state index in [2.05, 4.69) is 15.6 Å². The van der Waals surface area contributed by atoms with E-state index in [-0.39, 0.29) is 23.7 Å². The molecule has 0 aliphatic carbocycles. The second kappa shape index (κ2) is 6.12. The molecule has 2 unspecified atom stereocenters. The van der Waals surface area contributed by atoms with Crippen LogP contribution >= 0.6 is 11.3 Å². The van der Waals surface area contributed by atoms with Gasteiger partial charge in [0.05, 0.1) is 6.04 Å². The van der Waals surface area contributed by atoms with E-state index in [4.69, 9.17) is 5.11 Å². The van der Waals surface area contributed by atoms with Gasteiger partial charge in [-0.05, 0) is 26.3 Å². The Kier molecular flexibility index (Phi) is 4.49. The van der Waals surface area contributed by atoms with Gasteiger partial charge in [0.15, 0.2) is 5.69 Å². The molecule has 0 radical (unpaired) electrons. The molecule has 3 N–H and O–H groups in total. The molecule has 104 valence electrons. The highest BCUT2D eigenvalue weighted by molar-refractivity contribution is 7.09. The Labute approximate surface area is 115 Å². The lowest BCUT2D eigenvalue weighted by Gasteiger charge is -2.14. The summed E-state index contributed by atoms with van der Waals surface area (Å²) < 4.78 is 0. The molecular formula is C12H17N3O3S. The molecule has 19 heavy (non-hydrogen) atoms. The number of aromatic nitrogens is 1. The van der Waals surface area contributed by atoms with Crippen molar-refractivity contribution >= 4 is 23.2 Å². The predicted molar refractivity (Wildman–Crippen MR) is 71.3 cm³/mol. The van der Waals surface area contributed by atoms with Crippen molar-refractivity contribution in [1.29, 1.82) is 0 Å². The number of nitrogens with zero attached hydrogens (tertiary/aromatic N) is 1. The molecule has 0 spiro atoms. The molecule has 1 amide bonds. The van der Waals surface area contributed by atoms with Crippen molar-refractivity contribution in [3.8, 4) is 0 Å². The van der Waals surface area contributed by atoms with E-state index in [0.29, 0.717) is 11.4 Å². The van der Waals surface area contributed by atoms with Gasteiger partial charge in [0.25, 0.3) is 0 Å². The Bertz CT molecular complexity index is 469. The van der Waals surface area contributed by atoms with Crippen molar-refractivity contribution in [1.82, 2.24) is 15.6 Å². The number of amides is 1. The van der Waals surface area contributed by atoms with Gasteiger partial charge in [0.1, 0.15) is 5.01 Å². The summed E-state index contributed by atoms with van der Waals surface area (Å²) in [4.78, 5) is 26.6. The Hall–Kier alpha value is -1.47. The van der Waals surface area contributed by atoms with E-state index in [9.17, 15) is 9.59 Å². The third kappa shape index (κ3) is 3.74. The average molecular weight is 283 g/mol. The van der Waals surface area contributed by atoms with E-state index in [1.165, 1.54) is 16.7 Å². The van der Waals surface area contributed by atoms with Crippen molar-refractivity contribution in [3.63, 3.8) is 0 Å². The third-order valence-corrected chi connectivity index (χ3v) is 4.11. The number of carboxylic acid groups (broad SMARTS) is 1. The number of carbonyl (C=O) groups is 2. The van der Waals surface area contributed by atoms with E-state index in [1.54, 1.807) is 0 Å². The molecule has 2 atom stereocenters. The van der Waals surface area contributed by atoms with E-state index >= 15 is 0 Å². The van der Waals surface area contributed by atoms with Crippen LogP contribution in [0.2, 0.25) is 0 Å². The molecule has 0 aromatic carbocycles. The van der Waals surface area contributed by atoms with E-state index < -0.39 is 5.97 Å². The van der Waals surface area contributed by atoms with Gasteiger partial charge in [-0.2, -0.15) is 0 Å². The fraction of sp³-hybridized carbons (Fsp3) is 0.583. The van der Waals surface area contributed by atoms with Gasteiger partial charge < -0.3 is 15.7 Å². The molecule has 6 nitrogen and oxygen atoms in total. The number of carboxylic acids is 1. The van der Waals surface area contributed by atoms with Crippen LogP contribution in [-0.2, 0) is 4.79 Å². The first-order valence-corrected chi connectivity index (χ1v) is 7.15. The van der Waals surface area contributed by atoms with Gasteiger partial charge in [-0.25, -0.2) is 9.78 Å². The number of carbonyl (C=O) groups excluding carboxylic acids is 1. The largest absolute Gasteiger partial charge is 0.476 e. The molecule has 0 bridgehead atoms. The second-order valence-corrected chi connectivity index (χ2v) is 5.55. The summed E-state index contributed by atoms with van der Waals surface area (Å²) in [6.07, 6.45) is 2.60. The summed E-state index contributed by atoms with van der Waals surface area (Å²) in [5.74, 6) is -1.07. The van der Waals surface area contributed by atoms with E-state index in [1.807, 2.05) is 6.92 Å². The molecule has 2 rings (SSSR count). The highest BCUT2D eigenvalue weighted by Crippen LogP contribution is 2.18. The molecular weight excluding hydrogens is 266 g/mol. The first kappa shape index (κ1) is 14.0. The maximum atomic E-state index is 11.8. The molecule has 0 saturated carbocycles. The van der Waals surface area contributed by atoms with Crippen molar-refractivity contribution in [2.75, 3.05) is 6.54 Å². The molecule has 7 heteroatoms. The van der Waals surface area contributed by atoms with Crippen LogP contribution in [0.15, 0.2) is 5.38 Å². The zero-order valence-electron chi connectivity index (χ0n) is 10.7. The van der Waals surface area contributed by atoms with Crippen molar-refractivity contribution in [2.24, 2.45) is 0 Å². The number of nitrogens with one attached hydrogen (secondary N) is 2. The second-order valence-electron chi connectivity index (χ2n) is 4.66. The highest BCUT2D eigenvalue weighted by atomic mass is 32.1. The Morgan fingerprint density at radius 2 is 2.47 bits per heavy atom. The lowest BCUT2D eigenvalue weighted by atomic mass is 10.1. The molecule has 1 aromatic heterocycles. The highest BCUT2D eigenvalue weighted by Gasteiger charge is 2.20. The van der Waals surface area contributed by atoms with Crippen molar-refractivity contribution in [3.05, 3.63) is 16.1 Å². The lowest BCUT2D eigenvalue weighted by molar-refractivity contribution is -0.122. The Morgan fingerprint density at radius 3 is 3.05 bits per heavy atom. The third-order valence-electron chi connectivity index (χ3n) is 3.08. The standard InChI is InChI=1S/C12H17N3O3S/c1-7(11-15-9(6-19-11)12(17)18)14-10(16)5-8-3-2-4-13-8/h6-8,13H,2-5H2,1H3,(H,14,16)(H,17,18). The number of rotatable bonds is 5. The van der Waals surface area contributed by atoms with Crippen LogP contribution in [-0.4, -0.2) is 34.6 Å². The van der Waals surface area contributed by atoms with Crippen LogP contribution in [0.1, 0.15) is 47.7 Å². The molecule has 1 aromatic rings. The van der Waals surface area contributed by atoms with Crippen LogP contribution in [0.25, 0.3) is 0 Å². The maximum absolute atomic E-state index is 11.8. The Balaban J connectivity index is 1.86. The Morgan fingerprint density at radius 1 is 1.68 bits per heavy atom. The minimum atomic E-state index is -1.05. The van der Waals surface area contributed by atoms with Gasteiger partial charge in [-0.3, -0.25) is 4.79 Å². The minimum absolute atomic E-state index is 0.0264. The monoisotopic (exact) mass is 283 g/mol. The van der Waals surface area contributed by atoms with Crippen LogP contribution in [0.3, 0.4) is 0 Å².